The first kappa shape index (κ1) is 15.6. The second kappa shape index (κ2) is 6.87. The van der Waals surface area contributed by atoms with Gasteiger partial charge in [-0.3, -0.25) is 4.57 Å². The Morgan fingerprint density at radius 3 is 3.00 bits per heavy atom. The fraction of sp³-hybridized carbons (Fsp3) is 0.312. The number of aryl methyl sites for hydroxylation is 1. The lowest BCUT2D eigenvalue weighted by molar-refractivity contribution is 0.375. The summed E-state index contributed by atoms with van der Waals surface area (Å²) in [5, 5.41) is 4.83. The number of hydrogen-bond donors (Lipinski definition) is 0. The molecule has 0 radical (unpaired) electrons. The summed E-state index contributed by atoms with van der Waals surface area (Å²) in [6, 6.07) is 7.86. The Balaban J connectivity index is 1.83. The highest BCUT2D eigenvalue weighted by atomic mass is 32.2. The van der Waals surface area contributed by atoms with Crippen LogP contribution in [0.25, 0.3) is 5.69 Å². The van der Waals surface area contributed by atoms with Crippen LogP contribution < -0.4 is 4.74 Å². The molecular weight excluding hydrogens is 312 g/mol. The monoisotopic (exact) mass is 330 g/mol. The van der Waals surface area contributed by atoms with Crippen LogP contribution in [0.3, 0.4) is 0 Å². The number of benzene rings is 1. The first-order chi connectivity index (χ1) is 11.2. The maximum absolute atomic E-state index is 5.31. The Morgan fingerprint density at radius 2 is 2.26 bits per heavy atom. The maximum atomic E-state index is 5.31. The second-order valence-electron chi connectivity index (χ2n) is 4.94. The van der Waals surface area contributed by atoms with Gasteiger partial charge in [0, 0.05) is 24.9 Å². The fourth-order valence-corrected chi connectivity index (χ4v) is 3.03. The Morgan fingerprint density at radius 1 is 1.39 bits per heavy atom. The third-order valence-electron chi connectivity index (χ3n) is 3.37. The van der Waals surface area contributed by atoms with Crippen molar-refractivity contribution in [2.75, 3.05) is 7.11 Å². The van der Waals surface area contributed by atoms with Gasteiger partial charge in [0.2, 0.25) is 5.89 Å². The largest absolute Gasteiger partial charge is 0.497 e. The van der Waals surface area contributed by atoms with E-state index in [0.29, 0.717) is 5.89 Å². The third kappa shape index (κ3) is 3.39. The van der Waals surface area contributed by atoms with E-state index in [1.54, 1.807) is 25.1 Å². The lowest BCUT2D eigenvalue weighted by atomic mass is 10.3. The summed E-state index contributed by atoms with van der Waals surface area (Å²) in [6.45, 7) is 4.03. The summed E-state index contributed by atoms with van der Waals surface area (Å²) >= 11 is 1.58. The van der Waals surface area contributed by atoms with Gasteiger partial charge < -0.3 is 9.26 Å². The zero-order valence-corrected chi connectivity index (χ0v) is 14.1. The average Bonchev–Trinajstić information content (AvgIpc) is 3.24. The molecule has 7 heteroatoms. The number of ether oxygens (including phenoxy) is 1. The molecule has 3 rings (SSSR count). The van der Waals surface area contributed by atoms with Gasteiger partial charge in [0.05, 0.1) is 18.0 Å². The van der Waals surface area contributed by atoms with Crippen LogP contribution in [-0.4, -0.2) is 26.8 Å². The molecule has 1 atom stereocenters. The van der Waals surface area contributed by atoms with Crippen molar-refractivity contribution < 1.29 is 9.26 Å². The number of rotatable bonds is 6. The lowest BCUT2D eigenvalue weighted by Gasteiger charge is -2.10. The van der Waals surface area contributed by atoms with Crippen molar-refractivity contribution in [3.8, 4) is 11.4 Å². The molecule has 0 amide bonds. The van der Waals surface area contributed by atoms with Gasteiger partial charge in [0.1, 0.15) is 5.75 Å². The van der Waals surface area contributed by atoms with E-state index in [0.717, 1.165) is 28.8 Å². The minimum Gasteiger partial charge on any atom is -0.497 e. The second-order valence-corrected chi connectivity index (χ2v) is 6.25. The van der Waals surface area contributed by atoms with Crippen LogP contribution in [0.4, 0.5) is 0 Å². The average molecular weight is 330 g/mol. The molecule has 0 saturated carbocycles. The molecule has 1 unspecified atom stereocenters. The number of aromatic nitrogens is 4. The van der Waals surface area contributed by atoms with Gasteiger partial charge in [-0.05, 0) is 19.1 Å². The third-order valence-corrected chi connectivity index (χ3v) is 4.44. The molecule has 0 aliphatic carbocycles. The predicted octanol–water partition coefficient (Wildman–Crippen LogP) is 3.68. The Kier molecular flexibility index (Phi) is 4.66. The molecule has 6 nitrogen and oxygen atoms in total. The Bertz CT molecular complexity index is 784. The van der Waals surface area contributed by atoms with Gasteiger partial charge in [0.15, 0.2) is 11.0 Å². The Labute approximate surface area is 138 Å². The minimum absolute atomic E-state index is 0.0227. The molecule has 23 heavy (non-hydrogen) atoms. The molecule has 1 aromatic carbocycles. The quantitative estimate of drug-likeness (QED) is 0.642. The van der Waals surface area contributed by atoms with Crippen molar-refractivity contribution in [1.29, 1.82) is 0 Å². The molecule has 2 aromatic heterocycles. The highest BCUT2D eigenvalue weighted by Gasteiger charge is 2.18. The van der Waals surface area contributed by atoms with E-state index in [-0.39, 0.29) is 5.25 Å². The van der Waals surface area contributed by atoms with E-state index in [1.165, 1.54) is 0 Å². The number of imidazole rings is 1. The van der Waals surface area contributed by atoms with Crippen molar-refractivity contribution in [1.82, 2.24) is 19.7 Å². The highest BCUT2D eigenvalue weighted by molar-refractivity contribution is 7.99. The van der Waals surface area contributed by atoms with Crippen LogP contribution in [0, 0.1) is 0 Å². The first-order valence-electron chi connectivity index (χ1n) is 7.38. The van der Waals surface area contributed by atoms with Crippen LogP contribution in [0.5, 0.6) is 5.75 Å². The molecule has 3 aromatic rings. The van der Waals surface area contributed by atoms with E-state index in [4.69, 9.17) is 9.26 Å². The number of thioether (sulfide) groups is 1. The van der Waals surface area contributed by atoms with E-state index < -0.39 is 0 Å². The van der Waals surface area contributed by atoms with Crippen molar-refractivity contribution >= 4 is 11.8 Å². The maximum Gasteiger partial charge on any atom is 0.239 e. The van der Waals surface area contributed by atoms with Gasteiger partial charge >= 0.3 is 0 Å². The summed E-state index contributed by atoms with van der Waals surface area (Å²) in [5.74, 6) is 2.15. The topological polar surface area (TPSA) is 66.0 Å². The molecule has 0 saturated heterocycles. The molecule has 0 aliphatic rings. The molecule has 0 aliphatic heterocycles. The van der Waals surface area contributed by atoms with Crippen LogP contribution in [0.15, 0.2) is 46.3 Å². The zero-order valence-electron chi connectivity index (χ0n) is 13.3. The van der Waals surface area contributed by atoms with E-state index in [9.17, 15) is 0 Å². The highest BCUT2D eigenvalue weighted by Crippen LogP contribution is 2.34. The SMILES string of the molecule is CCc1noc(C(C)Sc2nccn2-c2cccc(OC)c2)n1. The number of hydrogen-bond acceptors (Lipinski definition) is 6. The Hall–Kier alpha value is -2.28. The number of nitrogens with zero attached hydrogens (tertiary/aromatic N) is 4. The summed E-state index contributed by atoms with van der Waals surface area (Å²) in [4.78, 5) is 8.82. The molecule has 120 valence electrons. The smallest absolute Gasteiger partial charge is 0.239 e. The standard InChI is InChI=1S/C16H18N4O2S/c1-4-14-18-15(22-19-14)11(2)23-16-17-8-9-20(16)12-6-5-7-13(10-12)21-3/h5-11H,4H2,1-3H3. The lowest BCUT2D eigenvalue weighted by Crippen LogP contribution is -1.98. The molecule has 0 bridgehead atoms. The predicted molar refractivity (Wildman–Crippen MR) is 88.1 cm³/mol. The fourth-order valence-electron chi connectivity index (χ4n) is 2.12. The van der Waals surface area contributed by atoms with Gasteiger partial charge in [-0.15, -0.1) is 0 Å². The van der Waals surface area contributed by atoms with Crippen molar-refractivity contribution in [3.05, 3.63) is 48.4 Å². The van der Waals surface area contributed by atoms with Crippen LogP contribution in [0.2, 0.25) is 0 Å². The van der Waals surface area contributed by atoms with Gasteiger partial charge in [-0.25, -0.2) is 4.98 Å². The van der Waals surface area contributed by atoms with Crippen LogP contribution >= 0.6 is 11.8 Å². The molecule has 0 N–H and O–H groups in total. The van der Waals surface area contributed by atoms with E-state index in [2.05, 4.69) is 15.1 Å². The molecule has 0 spiro atoms. The minimum atomic E-state index is 0.0227. The van der Waals surface area contributed by atoms with E-state index in [1.807, 2.05) is 48.9 Å². The summed E-state index contributed by atoms with van der Waals surface area (Å²) in [6.07, 6.45) is 4.47. The summed E-state index contributed by atoms with van der Waals surface area (Å²) in [5.41, 5.74) is 0.997. The molecule has 2 heterocycles. The van der Waals surface area contributed by atoms with Crippen LogP contribution in [-0.2, 0) is 6.42 Å². The molecule has 0 fully saturated rings. The summed E-state index contributed by atoms with van der Waals surface area (Å²) in [7, 11) is 1.66. The first-order valence-corrected chi connectivity index (χ1v) is 8.26. The molecular formula is C16H18N4O2S. The zero-order chi connectivity index (χ0) is 16.2. The van der Waals surface area contributed by atoms with Gasteiger partial charge in [-0.1, -0.05) is 29.9 Å². The summed E-state index contributed by atoms with van der Waals surface area (Å²) < 4.78 is 12.6. The van der Waals surface area contributed by atoms with Crippen molar-refractivity contribution in [2.45, 2.75) is 30.7 Å². The van der Waals surface area contributed by atoms with Crippen molar-refractivity contribution in [2.24, 2.45) is 0 Å². The van der Waals surface area contributed by atoms with Crippen LogP contribution in [0.1, 0.15) is 30.8 Å². The van der Waals surface area contributed by atoms with Gasteiger partial charge in [0.25, 0.3) is 0 Å². The number of methoxy groups -OCH3 is 1. The van der Waals surface area contributed by atoms with Crippen molar-refractivity contribution in [3.63, 3.8) is 0 Å². The van der Waals surface area contributed by atoms with E-state index >= 15 is 0 Å². The normalized spacial score (nSPS) is 12.3. The van der Waals surface area contributed by atoms with Gasteiger partial charge in [-0.2, -0.15) is 4.98 Å².